The third kappa shape index (κ3) is 3.61. The van der Waals surface area contributed by atoms with E-state index in [-0.39, 0.29) is 12.1 Å². The Morgan fingerprint density at radius 1 is 0.654 bits per heavy atom. The third-order valence-electron chi connectivity index (χ3n) is 5.22. The Morgan fingerprint density at radius 2 is 1.08 bits per heavy atom. The number of piperidine rings is 1. The van der Waals surface area contributed by atoms with Crippen LogP contribution in [0.4, 0.5) is 0 Å². The van der Waals surface area contributed by atoms with Gasteiger partial charge in [0.25, 0.3) is 0 Å². The molecule has 0 amide bonds. The molecule has 2 heteroatoms. The molecule has 1 aliphatic heterocycles. The number of nitrogens with zero attached hydrogens (tertiary/aromatic N) is 1. The largest absolute Gasteiger partial charge is 0.300 e. The molecule has 0 bridgehead atoms. The molecule has 130 valence electrons. The van der Waals surface area contributed by atoms with Crippen LogP contribution in [0.1, 0.15) is 41.6 Å². The van der Waals surface area contributed by atoms with E-state index in [4.69, 9.17) is 0 Å². The van der Waals surface area contributed by atoms with Crippen molar-refractivity contribution >= 4 is 5.78 Å². The van der Waals surface area contributed by atoms with Crippen LogP contribution < -0.4 is 0 Å². The molecular formula is C24H23NO. The van der Waals surface area contributed by atoms with Gasteiger partial charge in [-0.3, -0.25) is 9.69 Å². The second-order valence-corrected chi connectivity index (χ2v) is 6.96. The first-order valence-corrected chi connectivity index (χ1v) is 9.22. The maximum Gasteiger partial charge on any atom is 0.136 e. The molecular weight excluding hydrogens is 318 g/mol. The number of rotatable bonds is 4. The third-order valence-corrected chi connectivity index (χ3v) is 5.22. The van der Waals surface area contributed by atoms with E-state index >= 15 is 0 Å². The maximum absolute atomic E-state index is 12.6. The zero-order chi connectivity index (χ0) is 17.8. The summed E-state index contributed by atoms with van der Waals surface area (Å²) in [5.41, 5.74) is 3.72. The minimum Gasteiger partial charge on any atom is -0.300 e. The Morgan fingerprint density at radius 3 is 1.54 bits per heavy atom. The molecule has 0 aromatic heterocycles. The van der Waals surface area contributed by atoms with Gasteiger partial charge in [0.2, 0.25) is 0 Å². The fourth-order valence-electron chi connectivity index (χ4n) is 3.95. The highest BCUT2D eigenvalue weighted by Gasteiger charge is 2.36. The van der Waals surface area contributed by atoms with E-state index < -0.39 is 0 Å². The number of carbonyl (C=O) groups is 1. The van der Waals surface area contributed by atoms with Crippen molar-refractivity contribution in [3.63, 3.8) is 0 Å². The number of benzene rings is 3. The first kappa shape index (κ1) is 16.7. The van der Waals surface area contributed by atoms with Crippen molar-refractivity contribution < 1.29 is 4.79 Å². The van der Waals surface area contributed by atoms with E-state index in [2.05, 4.69) is 77.7 Å². The van der Waals surface area contributed by atoms with Gasteiger partial charge in [-0.05, 0) is 16.7 Å². The van der Waals surface area contributed by atoms with Gasteiger partial charge in [-0.2, -0.15) is 0 Å². The Kier molecular flexibility index (Phi) is 4.94. The monoisotopic (exact) mass is 341 g/mol. The summed E-state index contributed by atoms with van der Waals surface area (Å²) in [5.74, 6) is 0.344. The van der Waals surface area contributed by atoms with Gasteiger partial charge < -0.3 is 0 Å². The molecule has 1 heterocycles. The molecule has 4 rings (SSSR count). The van der Waals surface area contributed by atoms with Crippen molar-refractivity contribution in [2.75, 3.05) is 0 Å². The summed E-state index contributed by atoms with van der Waals surface area (Å²) in [5, 5.41) is 0. The molecule has 3 aromatic carbocycles. The molecule has 2 unspecified atom stereocenters. The molecule has 2 nitrogen and oxygen atoms in total. The van der Waals surface area contributed by atoms with Crippen LogP contribution in [0.25, 0.3) is 0 Å². The molecule has 0 radical (unpaired) electrons. The van der Waals surface area contributed by atoms with Crippen molar-refractivity contribution in [3.05, 3.63) is 108 Å². The number of ketones is 1. The van der Waals surface area contributed by atoms with E-state index in [9.17, 15) is 4.79 Å². The smallest absolute Gasteiger partial charge is 0.136 e. The molecule has 1 saturated heterocycles. The van der Waals surface area contributed by atoms with Crippen LogP contribution in [0, 0.1) is 0 Å². The minimum absolute atomic E-state index is 0.114. The minimum atomic E-state index is 0.114. The molecule has 0 aliphatic carbocycles. The standard InChI is InChI=1S/C24H23NO/c26-22-16-23(20-12-6-2-7-13-20)25(18-19-10-4-1-5-11-19)24(17-22)21-14-8-3-9-15-21/h1-15,23-24H,16-18H2. The van der Waals surface area contributed by atoms with Gasteiger partial charge in [-0.1, -0.05) is 91.0 Å². The number of hydrogen-bond acceptors (Lipinski definition) is 2. The summed E-state index contributed by atoms with van der Waals surface area (Å²) < 4.78 is 0. The van der Waals surface area contributed by atoms with Crippen LogP contribution >= 0.6 is 0 Å². The Bertz CT molecular complexity index is 794. The van der Waals surface area contributed by atoms with Crippen molar-refractivity contribution in [2.45, 2.75) is 31.5 Å². The van der Waals surface area contributed by atoms with Gasteiger partial charge in [0.05, 0.1) is 0 Å². The van der Waals surface area contributed by atoms with Crippen LogP contribution in [-0.2, 0) is 11.3 Å². The topological polar surface area (TPSA) is 20.3 Å². The molecule has 0 N–H and O–H groups in total. The summed E-state index contributed by atoms with van der Waals surface area (Å²) in [6, 6.07) is 31.7. The van der Waals surface area contributed by atoms with Crippen molar-refractivity contribution in [2.24, 2.45) is 0 Å². The lowest BCUT2D eigenvalue weighted by molar-refractivity contribution is -0.126. The van der Waals surface area contributed by atoms with E-state index in [0.717, 1.165) is 6.54 Å². The zero-order valence-corrected chi connectivity index (χ0v) is 14.8. The molecule has 3 aromatic rings. The fourth-order valence-corrected chi connectivity index (χ4v) is 3.95. The lowest BCUT2D eigenvalue weighted by atomic mass is 9.86. The Labute approximate surface area is 155 Å². The molecule has 0 spiro atoms. The molecule has 26 heavy (non-hydrogen) atoms. The van der Waals surface area contributed by atoms with Gasteiger partial charge in [0, 0.05) is 31.5 Å². The summed E-state index contributed by atoms with van der Waals surface area (Å²) >= 11 is 0. The molecule has 0 saturated carbocycles. The normalized spacial score (nSPS) is 20.8. The van der Waals surface area contributed by atoms with E-state index in [0.29, 0.717) is 18.6 Å². The van der Waals surface area contributed by atoms with Crippen LogP contribution in [0.2, 0.25) is 0 Å². The van der Waals surface area contributed by atoms with E-state index in [1.54, 1.807) is 0 Å². The first-order valence-electron chi connectivity index (χ1n) is 9.22. The van der Waals surface area contributed by atoms with Gasteiger partial charge in [0.15, 0.2) is 0 Å². The predicted molar refractivity (Wildman–Crippen MR) is 105 cm³/mol. The summed E-state index contributed by atoms with van der Waals surface area (Å²) in [4.78, 5) is 15.1. The Hall–Kier alpha value is -2.71. The zero-order valence-electron chi connectivity index (χ0n) is 14.8. The second kappa shape index (κ2) is 7.67. The van der Waals surface area contributed by atoms with Crippen molar-refractivity contribution in [1.82, 2.24) is 4.90 Å². The molecule has 1 fully saturated rings. The lowest BCUT2D eigenvalue weighted by Crippen LogP contribution is -2.39. The number of carbonyl (C=O) groups excluding carboxylic acids is 1. The fraction of sp³-hybridized carbons (Fsp3) is 0.208. The number of Topliss-reactive ketones (excluding diaryl/α,β-unsaturated/α-hetero) is 1. The van der Waals surface area contributed by atoms with Gasteiger partial charge >= 0.3 is 0 Å². The lowest BCUT2D eigenvalue weighted by Gasteiger charge is -2.42. The summed E-state index contributed by atoms with van der Waals surface area (Å²) in [7, 11) is 0. The number of hydrogen-bond donors (Lipinski definition) is 0. The first-order chi connectivity index (χ1) is 12.8. The van der Waals surface area contributed by atoms with Crippen LogP contribution in [-0.4, -0.2) is 10.7 Å². The summed E-state index contributed by atoms with van der Waals surface area (Å²) in [6.45, 7) is 0.841. The predicted octanol–water partition coefficient (Wildman–Crippen LogP) is 5.33. The van der Waals surface area contributed by atoms with Crippen LogP contribution in [0.5, 0.6) is 0 Å². The summed E-state index contributed by atoms with van der Waals surface area (Å²) in [6.07, 6.45) is 1.17. The molecule has 1 aliphatic rings. The Balaban J connectivity index is 1.74. The number of likely N-dealkylation sites (tertiary alicyclic amines) is 1. The van der Waals surface area contributed by atoms with E-state index in [1.807, 2.05) is 18.2 Å². The van der Waals surface area contributed by atoms with Crippen molar-refractivity contribution in [3.8, 4) is 0 Å². The van der Waals surface area contributed by atoms with Crippen LogP contribution in [0.15, 0.2) is 91.0 Å². The highest BCUT2D eigenvalue weighted by Crippen LogP contribution is 2.41. The second-order valence-electron chi connectivity index (χ2n) is 6.96. The SMILES string of the molecule is O=C1CC(c2ccccc2)N(Cc2ccccc2)C(c2ccccc2)C1. The van der Waals surface area contributed by atoms with Gasteiger partial charge in [0.1, 0.15) is 5.78 Å². The van der Waals surface area contributed by atoms with Gasteiger partial charge in [-0.25, -0.2) is 0 Å². The molecule has 2 atom stereocenters. The van der Waals surface area contributed by atoms with Crippen molar-refractivity contribution in [1.29, 1.82) is 0 Å². The van der Waals surface area contributed by atoms with E-state index in [1.165, 1.54) is 16.7 Å². The average molecular weight is 341 g/mol. The quantitative estimate of drug-likeness (QED) is 0.639. The highest BCUT2D eigenvalue weighted by atomic mass is 16.1. The highest BCUT2D eigenvalue weighted by molar-refractivity contribution is 5.81. The van der Waals surface area contributed by atoms with Crippen LogP contribution in [0.3, 0.4) is 0 Å². The maximum atomic E-state index is 12.6. The average Bonchev–Trinajstić information content (AvgIpc) is 2.71. The van der Waals surface area contributed by atoms with Gasteiger partial charge in [-0.15, -0.1) is 0 Å².